The minimum Gasteiger partial charge on any atom is -0.496 e. The third kappa shape index (κ3) is 6.22. The lowest BCUT2D eigenvalue weighted by atomic mass is 10.0. The summed E-state index contributed by atoms with van der Waals surface area (Å²) in [4.78, 5) is 30.4. The summed E-state index contributed by atoms with van der Waals surface area (Å²) in [6.45, 7) is 1.64. The van der Waals surface area contributed by atoms with Crippen molar-refractivity contribution in [1.82, 2.24) is 4.98 Å². The second-order valence-electron chi connectivity index (χ2n) is 8.86. The van der Waals surface area contributed by atoms with E-state index in [0.717, 1.165) is 26.4 Å². The van der Waals surface area contributed by atoms with Crippen LogP contribution in [0.3, 0.4) is 0 Å². The van der Waals surface area contributed by atoms with Gasteiger partial charge in [0.1, 0.15) is 10.8 Å². The molecule has 0 spiro atoms. The number of hydrogen-bond acceptors (Lipinski definition) is 6. The van der Waals surface area contributed by atoms with E-state index in [4.69, 9.17) is 14.5 Å². The van der Waals surface area contributed by atoms with Crippen molar-refractivity contribution in [2.45, 2.75) is 6.92 Å². The van der Waals surface area contributed by atoms with E-state index < -0.39 is 18.5 Å². The topological polar surface area (TPSA) is 77.5 Å². The first-order chi connectivity index (χ1) is 19.0. The molecule has 0 unspecified atom stereocenters. The van der Waals surface area contributed by atoms with Crippen LogP contribution in [0.2, 0.25) is 0 Å². The van der Waals surface area contributed by atoms with Crippen molar-refractivity contribution in [2.75, 3.05) is 19.0 Å². The molecule has 1 aromatic heterocycles. The molecular weight excluding hydrogens is 508 g/mol. The van der Waals surface area contributed by atoms with E-state index in [0.29, 0.717) is 22.6 Å². The maximum Gasteiger partial charge on any atom is 0.339 e. The van der Waals surface area contributed by atoms with Crippen LogP contribution in [0.5, 0.6) is 5.75 Å². The third-order valence-electron chi connectivity index (χ3n) is 6.04. The van der Waals surface area contributed by atoms with E-state index in [1.807, 2.05) is 91.0 Å². The zero-order valence-electron chi connectivity index (χ0n) is 21.5. The number of nitrogens with zero attached hydrogens (tertiary/aromatic N) is 1. The number of methoxy groups -OCH3 is 1. The van der Waals surface area contributed by atoms with Crippen LogP contribution in [0, 0.1) is 6.92 Å². The van der Waals surface area contributed by atoms with Crippen molar-refractivity contribution in [3.8, 4) is 16.3 Å². The number of carbonyl (C=O) groups is 2. The van der Waals surface area contributed by atoms with Crippen molar-refractivity contribution in [3.05, 3.63) is 114 Å². The van der Waals surface area contributed by atoms with Gasteiger partial charge in [-0.2, -0.15) is 0 Å². The average molecular weight is 535 g/mol. The van der Waals surface area contributed by atoms with Crippen molar-refractivity contribution < 1.29 is 19.1 Å². The molecule has 0 saturated carbocycles. The van der Waals surface area contributed by atoms with Crippen molar-refractivity contribution in [1.29, 1.82) is 0 Å². The SMILES string of the molecule is COc1ccccc1C=C(C(=O)OCC(=O)Nc1ccc(-c2nc3ccc(C)cc3s2)cc1)c1ccccc1. The average Bonchev–Trinajstić information content (AvgIpc) is 3.39. The van der Waals surface area contributed by atoms with Crippen LogP contribution in [-0.4, -0.2) is 30.6 Å². The Morgan fingerprint density at radius 3 is 2.44 bits per heavy atom. The first kappa shape index (κ1) is 25.9. The molecule has 5 aromatic rings. The second kappa shape index (κ2) is 11.8. The van der Waals surface area contributed by atoms with Crippen LogP contribution in [-0.2, 0) is 14.3 Å². The summed E-state index contributed by atoms with van der Waals surface area (Å²) < 4.78 is 12.0. The number of rotatable bonds is 8. The molecule has 1 heterocycles. The molecule has 7 heteroatoms. The fourth-order valence-corrected chi connectivity index (χ4v) is 5.15. The number of fused-ring (bicyclic) bond motifs is 1. The summed E-state index contributed by atoms with van der Waals surface area (Å²) in [6.07, 6.45) is 1.70. The van der Waals surface area contributed by atoms with Crippen LogP contribution in [0.1, 0.15) is 16.7 Å². The van der Waals surface area contributed by atoms with Crippen molar-refractivity contribution in [2.24, 2.45) is 0 Å². The Morgan fingerprint density at radius 2 is 1.67 bits per heavy atom. The molecule has 0 fully saturated rings. The molecular formula is C32H26N2O4S. The van der Waals surface area contributed by atoms with Gasteiger partial charge in [0.25, 0.3) is 5.91 Å². The first-order valence-electron chi connectivity index (χ1n) is 12.3. The normalized spacial score (nSPS) is 11.3. The molecule has 1 amide bonds. The zero-order valence-corrected chi connectivity index (χ0v) is 22.3. The van der Waals surface area contributed by atoms with Gasteiger partial charge in [-0.15, -0.1) is 11.3 Å². The van der Waals surface area contributed by atoms with Crippen LogP contribution in [0.4, 0.5) is 5.69 Å². The molecule has 0 saturated heterocycles. The predicted octanol–water partition coefficient (Wildman–Crippen LogP) is 7.00. The number of aromatic nitrogens is 1. The number of nitrogens with one attached hydrogen (secondary N) is 1. The van der Waals surface area contributed by atoms with Crippen LogP contribution < -0.4 is 10.1 Å². The number of esters is 1. The number of anilines is 1. The largest absolute Gasteiger partial charge is 0.496 e. The molecule has 0 bridgehead atoms. The monoisotopic (exact) mass is 534 g/mol. The zero-order chi connectivity index (χ0) is 27.2. The van der Waals surface area contributed by atoms with E-state index in [1.54, 1.807) is 24.5 Å². The van der Waals surface area contributed by atoms with Crippen LogP contribution in [0.25, 0.3) is 32.4 Å². The Morgan fingerprint density at radius 1 is 0.923 bits per heavy atom. The molecule has 4 aromatic carbocycles. The number of carbonyl (C=O) groups excluding carboxylic acids is 2. The predicted molar refractivity (Wildman–Crippen MR) is 157 cm³/mol. The highest BCUT2D eigenvalue weighted by Crippen LogP contribution is 2.31. The molecule has 5 rings (SSSR count). The number of aryl methyl sites for hydroxylation is 1. The summed E-state index contributed by atoms with van der Waals surface area (Å²) in [6, 6.07) is 30.2. The van der Waals surface area contributed by atoms with Gasteiger partial charge in [0, 0.05) is 16.8 Å². The minimum absolute atomic E-state index is 0.322. The van der Waals surface area contributed by atoms with E-state index >= 15 is 0 Å². The van der Waals surface area contributed by atoms with Gasteiger partial charge in [0.05, 0.1) is 22.9 Å². The Labute approximate surface area is 230 Å². The van der Waals surface area contributed by atoms with Gasteiger partial charge in [-0.25, -0.2) is 9.78 Å². The minimum atomic E-state index is -0.608. The number of benzene rings is 4. The summed E-state index contributed by atoms with van der Waals surface area (Å²) in [5.74, 6) is -0.416. The van der Waals surface area contributed by atoms with Crippen LogP contribution >= 0.6 is 11.3 Å². The van der Waals surface area contributed by atoms with E-state index in [9.17, 15) is 9.59 Å². The fraction of sp³-hybridized carbons (Fsp3) is 0.0938. The van der Waals surface area contributed by atoms with Crippen LogP contribution in [0.15, 0.2) is 97.1 Å². The quantitative estimate of drug-likeness (QED) is 0.132. The van der Waals surface area contributed by atoms with Gasteiger partial charge in [-0.1, -0.05) is 54.6 Å². The van der Waals surface area contributed by atoms with Gasteiger partial charge in [0.15, 0.2) is 6.61 Å². The Balaban J connectivity index is 1.25. The lowest BCUT2D eigenvalue weighted by Gasteiger charge is -2.11. The lowest BCUT2D eigenvalue weighted by Crippen LogP contribution is -2.21. The van der Waals surface area contributed by atoms with Gasteiger partial charge >= 0.3 is 5.97 Å². The molecule has 194 valence electrons. The standard InChI is InChI=1S/C32H26N2O4S/c1-21-12-17-27-29(18-21)39-31(34-27)23-13-15-25(16-14-23)33-30(35)20-38-32(36)26(22-8-4-3-5-9-22)19-24-10-6-7-11-28(24)37-2/h3-19H,20H2,1-2H3,(H,33,35). The third-order valence-corrected chi connectivity index (χ3v) is 7.10. The van der Waals surface area contributed by atoms with Gasteiger partial charge in [0.2, 0.25) is 0 Å². The molecule has 39 heavy (non-hydrogen) atoms. The van der Waals surface area contributed by atoms with Crippen molar-refractivity contribution >= 4 is 50.8 Å². The van der Waals surface area contributed by atoms with Gasteiger partial charge < -0.3 is 14.8 Å². The number of ether oxygens (including phenoxy) is 2. The first-order valence-corrected chi connectivity index (χ1v) is 13.2. The van der Waals surface area contributed by atoms with Gasteiger partial charge in [-0.05, 0) is 66.6 Å². The highest BCUT2D eigenvalue weighted by atomic mass is 32.1. The fourth-order valence-electron chi connectivity index (χ4n) is 4.08. The Hall–Kier alpha value is -4.75. The molecule has 0 aliphatic heterocycles. The molecule has 0 aliphatic carbocycles. The number of hydrogen-bond donors (Lipinski definition) is 1. The molecule has 6 nitrogen and oxygen atoms in total. The van der Waals surface area contributed by atoms with E-state index in [-0.39, 0.29) is 0 Å². The summed E-state index contributed by atoms with van der Waals surface area (Å²) >= 11 is 1.63. The maximum atomic E-state index is 13.1. The smallest absolute Gasteiger partial charge is 0.339 e. The highest BCUT2D eigenvalue weighted by Gasteiger charge is 2.17. The number of amides is 1. The Bertz CT molecular complexity index is 1660. The molecule has 0 radical (unpaired) electrons. The molecule has 1 N–H and O–H groups in total. The number of thiazole rings is 1. The highest BCUT2D eigenvalue weighted by molar-refractivity contribution is 7.21. The summed E-state index contributed by atoms with van der Waals surface area (Å²) in [7, 11) is 1.57. The molecule has 0 aliphatic rings. The summed E-state index contributed by atoms with van der Waals surface area (Å²) in [5.41, 5.74) is 5.45. The lowest BCUT2D eigenvalue weighted by molar-refractivity contribution is -0.141. The summed E-state index contributed by atoms with van der Waals surface area (Å²) in [5, 5.41) is 3.70. The second-order valence-corrected chi connectivity index (χ2v) is 9.89. The van der Waals surface area contributed by atoms with E-state index in [2.05, 4.69) is 18.3 Å². The van der Waals surface area contributed by atoms with Gasteiger partial charge in [-0.3, -0.25) is 4.79 Å². The Kier molecular flexibility index (Phi) is 7.80. The van der Waals surface area contributed by atoms with E-state index in [1.165, 1.54) is 5.56 Å². The van der Waals surface area contributed by atoms with Crippen molar-refractivity contribution in [3.63, 3.8) is 0 Å². The number of para-hydroxylation sites is 1. The molecule has 0 atom stereocenters. The maximum absolute atomic E-state index is 13.1.